The zero-order chi connectivity index (χ0) is 41.4. The highest BCUT2D eigenvalue weighted by atomic mass is 15.2. The van der Waals surface area contributed by atoms with E-state index in [4.69, 9.17) is 0 Å². The average molecular weight is 787 g/mol. The second kappa shape index (κ2) is 12.7. The maximum Gasteiger partial charge on any atom is 0.0540 e. The molecule has 0 saturated heterocycles. The molecule has 61 heavy (non-hydrogen) atoms. The topological polar surface area (TPSA) is 6.48 Å². The Morgan fingerprint density at radius 2 is 1.02 bits per heavy atom. The zero-order valence-corrected chi connectivity index (χ0v) is 36.0. The second-order valence-electron chi connectivity index (χ2n) is 19.2. The second-order valence-corrected chi connectivity index (χ2v) is 19.2. The van der Waals surface area contributed by atoms with Crippen molar-refractivity contribution in [2.75, 3.05) is 9.80 Å². The highest BCUT2D eigenvalue weighted by Crippen LogP contribution is 2.60. The van der Waals surface area contributed by atoms with E-state index in [-0.39, 0.29) is 16.2 Å². The number of benzene rings is 8. The molecule has 2 aliphatic heterocycles. The number of hydrogen-bond acceptors (Lipinski definition) is 2. The molecule has 0 aromatic heterocycles. The van der Waals surface area contributed by atoms with Crippen molar-refractivity contribution in [2.45, 2.75) is 70.6 Å². The quantitative estimate of drug-likeness (QED) is 0.175. The summed E-state index contributed by atoms with van der Waals surface area (Å²) in [5.41, 5.74) is 21.2. The van der Waals surface area contributed by atoms with Gasteiger partial charge in [0.15, 0.2) is 0 Å². The number of rotatable bonds is 4. The third-order valence-electron chi connectivity index (χ3n) is 14.9. The predicted molar refractivity (Wildman–Crippen MR) is 258 cm³/mol. The summed E-state index contributed by atoms with van der Waals surface area (Å²) in [6.07, 6.45) is 4.53. The molecule has 8 aromatic carbocycles. The number of fused-ring (bicyclic) bond motifs is 8. The van der Waals surface area contributed by atoms with E-state index >= 15 is 0 Å². The van der Waals surface area contributed by atoms with Gasteiger partial charge in [-0.3, -0.25) is 0 Å². The first kappa shape index (κ1) is 36.2. The van der Waals surface area contributed by atoms with E-state index in [0.29, 0.717) is 0 Å². The van der Waals surface area contributed by atoms with Crippen molar-refractivity contribution in [2.24, 2.45) is 0 Å². The highest BCUT2D eigenvalue weighted by molar-refractivity contribution is 6.08. The summed E-state index contributed by atoms with van der Waals surface area (Å²) in [5, 5.41) is 5.01. The van der Waals surface area contributed by atoms with Gasteiger partial charge < -0.3 is 9.80 Å². The summed E-state index contributed by atoms with van der Waals surface area (Å²) in [6.45, 7) is 14.4. The summed E-state index contributed by atoms with van der Waals surface area (Å²) in [4.78, 5) is 5.16. The molecule has 4 aliphatic rings. The summed E-state index contributed by atoms with van der Waals surface area (Å²) < 4.78 is 0. The monoisotopic (exact) mass is 786 g/mol. The summed E-state index contributed by atoms with van der Waals surface area (Å²) in [7, 11) is 0. The lowest BCUT2D eigenvalue weighted by Gasteiger charge is -2.51. The van der Waals surface area contributed by atoms with Crippen molar-refractivity contribution < 1.29 is 0 Å². The van der Waals surface area contributed by atoms with Crippen LogP contribution < -0.4 is 9.80 Å². The van der Waals surface area contributed by atoms with Crippen LogP contribution in [-0.2, 0) is 16.2 Å². The molecule has 8 aromatic rings. The molecule has 0 bridgehead atoms. The van der Waals surface area contributed by atoms with Crippen molar-refractivity contribution in [3.05, 3.63) is 215 Å². The van der Waals surface area contributed by atoms with Gasteiger partial charge in [-0.1, -0.05) is 181 Å². The lowest BCUT2D eigenvalue weighted by atomic mass is 9.65. The number of anilines is 5. The van der Waals surface area contributed by atoms with Gasteiger partial charge >= 0.3 is 0 Å². The van der Waals surface area contributed by atoms with Crippen molar-refractivity contribution in [3.8, 4) is 11.1 Å². The summed E-state index contributed by atoms with van der Waals surface area (Å²) in [6, 6.07) is 61.7. The lowest BCUT2D eigenvalue weighted by Crippen LogP contribution is -2.41. The smallest absolute Gasteiger partial charge is 0.0540 e. The number of nitrogens with zero attached hydrogens (tertiary/aromatic N) is 2. The Morgan fingerprint density at radius 1 is 0.443 bits per heavy atom. The fourth-order valence-corrected chi connectivity index (χ4v) is 11.8. The Bertz CT molecular complexity index is 3240. The van der Waals surface area contributed by atoms with Gasteiger partial charge in [-0.05, 0) is 110 Å². The van der Waals surface area contributed by atoms with Crippen LogP contribution in [-0.4, -0.2) is 0 Å². The fourth-order valence-electron chi connectivity index (χ4n) is 11.8. The molecule has 0 amide bonds. The first-order valence-electron chi connectivity index (χ1n) is 22.1. The van der Waals surface area contributed by atoms with Gasteiger partial charge in [-0.25, -0.2) is 0 Å². The SMILES string of the molecule is CC1(C)C2=C(CCC(c3cccc4c(N(c5ccc6c(c5)C(C)(C)c5ccccc5-6)c5cccc6ccccc56)cccc34)=C2)N2c3ccccc3C(C)(C)c3cccc1c32. The molecule has 0 N–H and O–H groups in total. The predicted octanol–water partition coefficient (Wildman–Crippen LogP) is 16.0. The van der Waals surface area contributed by atoms with Gasteiger partial charge in [0.1, 0.15) is 0 Å². The van der Waals surface area contributed by atoms with Crippen LogP contribution in [0.1, 0.15) is 87.8 Å². The van der Waals surface area contributed by atoms with Crippen LogP contribution in [0.15, 0.2) is 181 Å². The van der Waals surface area contributed by atoms with Gasteiger partial charge in [0.05, 0.1) is 17.1 Å². The first-order chi connectivity index (χ1) is 29.5. The standard InChI is InChI=1S/C59H50N2/c1-57(2)46-24-10-9-20-43(46)44-33-32-39(36-50(44)57)60(52-29-13-18-37-17-7-8-19-41(37)52)53-30-15-22-42-40(21-14-23-45(42)53)38-31-34-55-51(35-38)59(5,6)49-27-16-26-48-56(49)61(55)54-28-12-11-25-47(54)58(48,3)4/h7-30,32-33,35-36H,31,34H2,1-6H3. The molecular weight excluding hydrogens is 737 g/mol. The van der Waals surface area contributed by atoms with E-state index in [1.807, 2.05) is 0 Å². The van der Waals surface area contributed by atoms with E-state index in [0.717, 1.165) is 12.8 Å². The number of hydrogen-bond donors (Lipinski definition) is 0. The molecule has 0 fully saturated rings. The molecule has 0 spiro atoms. The Hall–Kier alpha value is -6.64. The van der Waals surface area contributed by atoms with Gasteiger partial charge in [-0.15, -0.1) is 0 Å². The minimum absolute atomic E-state index is 0.0795. The van der Waals surface area contributed by atoms with Crippen LogP contribution >= 0.6 is 0 Å². The van der Waals surface area contributed by atoms with Crippen LogP contribution in [0.25, 0.3) is 38.2 Å². The lowest BCUT2D eigenvalue weighted by molar-refractivity contribution is 0.577. The van der Waals surface area contributed by atoms with Crippen LogP contribution in [0.4, 0.5) is 28.4 Å². The Labute approximate surface area is 360 Å². The van der Waals surface area contributed by atoms with Crippen molar-refractivity contribution in [3.63, 3.8) is 0 Å². The molecule has 0 radical (unpaired) electrons. The maximum absolute atomic E-state index is 2.64. The Balaban J connectivity index is 1.04. The van der Waals surface area contributed by atoms with Crippen molar-refractivity contribution in [1.29, 1.82) is 0 Å². The Morgan fingerprint density at radius 3 is 1.87 bits per heavy atom. The van der Waals surface area contributed by atoms with Crippen molar-refractivity contribution in [1.82, 2.24) is 0 Å². The van der Waals surface area contributed by atoms with Gasteiger partial charge in [0.25, 0.3) is 0 Å². The molecule has 2 heterocycles. The molecule has 296 valence electrons. The molecule has 0 saturated carbocycles. The molecule has 2 heteroatoms. The summed E-state index contributed by atoms with van der Waals surface area (Å²) in [5.74, 6) is 0. The highest BCUT2D eigenvalue weighted by Gasteiger charge is 2.46. The maximum atomic E-state index is 2.64. The van der Waals surface area contributed by atoms with E-state index in [1.165, 1.54) is 111 Å². The van der Waals surface area contributed by atoms with Gasteiger partial charge in [0, 0.05) is 44.1 Å². The third-order valence-corrected chi connectivity index (χ3v) is 14.9. The van der Waals surface area contributed by atoms with Crippen molar-refractivity contribution >= 4 is 55.6 Å². The Kier molecular flexibility index (Phi) is 7.54. The molecule has 2 aliphatic carbocycles. The van der Waals surface area contributed by atoms with Gasteiger partial charge in [0.2, 0.25) is 0 Å². The minimum Gasteiger partial charge on any atom is -0.313 e. The van der Waals surface area contributed by atoms with Crippen LogP contribution in [0.5, 0.6) is 0 Å². The molecule has 12 rings (SSSR count). The van der Waals surface area contributed by atoms with E-state index in [2.05, 4.69) is 221 Å². The van der Waals surface area contributed by atoms with E-state index < -0.39 is 0 Å². The third kappa shape index (κ3) is 4.97. The molecule has 2 nitrogen and oxygen atoms in total. The van der Waals surface area contributed by atoms with Crippen LogP contribution in [0.2, 0.25) is 0 Å². The van der Waals surface area contributed by atoms with E-state index in [9.17, 15) is 0 Å². The molecular formula is C59H50N2. The first-order valence-corrected chi connectivity index (χ1v) is 22.1. The normalized spacial score (nSPS) is 17.3. The molecule has 0 atom stereocenters. The minimum atomic E-state index is -0.160. The van der Waals surface area contributed by atoms with Crippen LogP contribution in [0.3, 0.4) is 0 Å². The number of allylic oxidation sites excluding steroid dienone is 4. The molecule has 0 unspecified atom stereocenters. The average Bonchev–Trinajstić information content (AvgIpc) is 3.51. The number of para-hydroxylation sites is 2. The fraction of sp³-hybridized carbons (Fsp3) is 0.186. The summed E-state index contributed by atoms with van der Waals surface area (Å²) >= 11 is 0. The van der Waals surface area contributed by atoms with Gasteiger partial charge in [-0.2, -0.15) is 0 Å². The van der Waals surface area contributed by atoms with E-state index in [1.54, 1.807) is 0 Å². The largest absolute Gasteiger partial charge is 0.313 e. The zero-order valence-electron chi connectivity index (χ0n) is 36.0. The van der Waals surface area contributed by atoms with Crippen LogP contribution in [0, 0.1) is 0 Å².